The van der Waals surface area contributed by atoms with E-state index in [1.807, 2.05) is 30.0 Å². The number of ether oxygens (including phenoxy) is 1. The molecule has 0 spiro atoms. The fourth-order valence-corrected chi connectivity index (χ4v) is 4.13. The molecule has 0 saturated carbocycles. The number of nitrogens with zero attached hydrogens (tertiary/aromatic N) is 2. The highest BCUT2D eigenvalue weighted by Crippen LogP contribution is 2.40. The van der Waals surface area contributed by atoms with E-state index < -0.39 is 11.9 Å². The predicted octanol–water partition coefficient (Wildman–Crippen LogP) is 5.41. The van der Waals surface area contributed by atoms with Gasteiger partial charge < -0.3 is 9.64 Å². The molecule has 2 aromatic rings. The second-order valence-electron chi connectivity index (χ2n) is 6.45. The lowest BCUT2D eigenvalue weighted by atomic mass is 10.0. The van der Waals surface area contributed by atoms with Crippen LogP contribution < -0.4 is 9.64 Å². The van der Waals surface area contributed by atoms with E-state index in [1.54, 1.807) is 13.0 Å². The van der Waals surface area contributed by atoms with Gasteiger partial charge in [-0.2, -0.15) is 13.2 Å². The van der Waals surface area contributed by atoms with Crippen LogP contribution in [0, 0.1) is 6.92 Å². The van der Waals surface area contributed by atoms with Gasteiger partial charge in [-0.05, 0) is 48.1 Å². The smallest absolute Gasteiger partial charge is 0.433 e. The molecule has 0 N–H and O–H groups in total. The number of benzene rings is 1. The highest BCUT2D eigenvalue weighted by atomic mass is 32.2. The molecule has 136 valence electrons. The van der Waals surface area contributed by atoms with E-state index in [-0.39, 0.29) is 0 Å². The van der Waals surface area contributed by atoms with Gasteiger partial charge in [0.05, 0.1) is 6.20 Å². The SMILES string of the molecule is Cc1cc(C(F)(F)F)ncc1Oc1cccc(N2CCC3=CS[C@H]3C2)c1. The maximum absolute atomic E-state index is 12.7. The van der Waals surface area contributed by atoms with Crippen LogP contribution in [0.4, 0.5) is 18.9 Å². The highest BCUT2D eigenvalue weighted by molar-refractivity contribution is 8.04. The van der Waals surface area contributed by atoms with Gasteiger partial charge in [-0.3, -0.25) is 0 Å². The van der Waals surface area contributed by atoms with Crippen LogP contribution in [0.1, 0.15) is 17.7 Å². The summed E-state index contributed by atoms with van der Waals surface area (Å²) < 4.78 is 44.0. The first-order valence-electron chi connectivity index (χ1n) is 8.31. The van der Waals surface area contributed by atoms with Crippen LogP contribution in [0.25, 0.3) is 0 Å². The zero-order chi connectivity index (χ0) is 18.3. The molecule has 3 heterocycles. The van der Waals surface area contributed by atoms with E-state index in [1.165, 1.54) is 5.57 Å². The summed E-state index contributed by atoms with van der Waals surface area (Å²) >= 11 is 1.86. The van der Waals surface area contributed by atoms with E-state index in [2.05, 4.69) is 15.3 Å². The molecule has 1 fully saturated rings. The Morgan fingerprint density at radius 2 is 2.12 bits per heavy atom. The summed E-state index contributed by atoms with van der Waals surface area (Å²) in [7, 11) is 0. The standard InChI is InChI=1S/C19H17F3N2OS/c1-12-7-18(19(20,21)22)23-9-16(12)25-15-4-2-3-14(8-15)24-6-5-13-11-26-17(13)10-24/h2-4,7-9,11,17H,5-6,10H2,1H3/t17-/m0/s1. The summed E-state index contributed by atoms with van der Waals surface area (Å²) in [6.45, 7) is 3.52. The minimum Gasteiger partial charge on any atom is -0.455 e. The van der Waals surface area contributed by atoms with Gasteiger partial charge in [0.15, 0.2) is 0 Å². The maximum Gasteiger partial charge on any atom is 0.433 e. The van der Waals surface area contributed by atoms with E-state index in [0.717, 1.165) is 37.5 Å². The molecule has 1 aromatic heterocycles. The molecule has 7 heteroatoms. The zero-order valence-electron chi connectivity index (χ0n) is 14.1. The van der Waals surface area contributed by atoms with Crippen LogP contribution in [0.15, 0.2) is 47.5 Å². The number of hydrogen-bond donors (Lipinski definition) is 0. The number of thioether (sulfide) groups is 1. The van der Waals surface area contributed by atoms with Crippen LogP contribution in [-0.4, -0.2) is 23.3 Å². The monoisotopic (exact) mass is 378 g/mol. The van der Waals surface area contributed by atoms with Crippen molar-refractivity contribution in [3.05, 3.63) is 58.8 Å². The summed E-state index contributed by atoms with van der Waals surface area (Å²) in [5, 5.41) is 2.82. The highest BCUT2D eigenvalue weighted by Gasteiger charge is 2.33. The van der Waals surface area contributed by atoms with Gasteiger partial charge in [0, 0.05) is 30.1 Å². The molecule has 1 saturated heterocycles. The number of hydrogen-bond acceptors (Lipinski definition) is 4. The van der Waals surface area contributed by atoms with Gasteiger partial charge in [0.1, 0.15) is 17.2 Å². The van der Waals surface area contributed by atoms with Crippen molar-refractivity contribution in [3.8, 4) is 11.5 Å². The average Bonchev–Trinajstić information content (AvgIpc) is 2.57. The molecule has 3 nitrogen and oxygen atoms in total. The first-order chi connectivity index (χ1) is 12.4. The zero-order valence-corrected chi connectivity index (χ0v) is 14.9. The number of alkyl halides is 3. The first kappa shape index (κ1) is 17.3. The third-order valence-corrected chi connectivity index (χ3v) is 5.84. The average molecular weight is 378 g/mol. The second kappa shape index (κ2) is 6.54. The topological polar surface area (TPSA) is 25.4 Å². The molecule has 0 aliphatic carbocycles. The van der Waals surface area contributed by atoms with Crippen LogP contribution in [0.5, 0.6) is 11.5 Å². The molecular weight excluding hydrogens is 361 g/mol. The quantitative estimate of drug-likeness (QED) is 0.713. The molecule has 0 radical (unpaired) electrons. The fraction of sp³-hybridized carbons (Fsp3) is 0.316. The van der Waals surface area contributed by atoms with E-state index in [9.17, 15) is 13.2 Å². The lowest BCUT2D eigenvalue weighted by Gasteiger charge is -2.39. The van der Waals surface area contributed by atoms with Gasteiger partial charge in [0.25, 0.3) is 0 Å². The maximum atomic E-state index is 12.7. The Morgan fingerprint density at radius 1 is 1.27 bits per heavy atom. The minimum atomic E-state index is -4.45. The van der Waals surface area contributed by atoms with Crippen LogP contribution >= 0.6 is 11.8 Å². The third-order valence-electron chi connectivity index (χ3n) is 4.62. The van der Waals surface area contributed by atoms with Gasteiger partial charge in [-0.1, -0.05) is 6.07 Å². The number of fused-ring (bicyclic) bond motifs is 1. The van der Waals surface area contributed by atoms with Crippen molar-refractivity contribution < 1.29 is 17.9 Å². The van der Waals surface area contributed by atoms with Crippen molar-refractivity contribution in [2.24, 2.45) is 0 Å². The Balaban J connectivity index is 1.51. The summed E-state index contributed by atoms with van der Waals surface area (Å²) in [6, 6.07) is 8.66. The number of halogens is 3. The van der Waals surface area contributed by atoms with Crippen molar-refractivity contribution in [1.82, 2.24) is 4.98 Å². The van der Waals surface area contributed by atoms with Crippen LogP contribution in [0.2, 0.25) is 0 Å². The summed E-state index contributed by atoms with van der Waals surface area (Å²) in [4.78, 5) is 5.79. The number of anilines is 1. The Kier molecular flexibility index (Phi) is 4.34. The molecular formula is C19H17F3N2OS. The van der Waals surface area contributed by atoms with E-state index >= 15 is 0 Å². The Morgan fingerprint density at radius 3 is 2.77 bits per heavy atom. The number of aromatic nitrogens is 1. The Labute approximate surface area is 153 Å². The van der Waals surface area contributed by atoms with E-state index in [4.69, 9.17) is 4.74 Å². The number of aryl methyl sites for hydroxylation is 1. The number of rotatable bonds is 3. The van der Waals surface area contributed by atoms with Crippen LogP contribution in [-0.2, 0) is 6.18 Å². The summed E-state index contributed by atoms with van der Waals surface area (Å²) in [5.41, 5.74) is 2.08. The fourth-order valence-electron chi connectivity index (χ4n) is 3.11. The van der Waals surface area contributed by atoms with Gasteiger partial charge in [0.2, 0.25) is 0 Å². The van der Waals surface area contributed by atoms with Crippen molar-refractivity contribution in [2.75, 3.05) is 18.0 Å². The van der Waals surface area contributed by atoms with Crippen molar-refractivity contribution >= 4 is 17.4 Å². The largest absolute Gasteiger partial charge is 0.455 e. The van der Waals surface area contributed by atoms with Gasteiger partial charge >= 0.3 is 6.18 Å². The molecule has 26 heavy (non-hydrogen) atoms. The molecule has 0 bridgehead atoms. The van der Waals surface area contributed by atoms with E-state index in [0.29, 0.717) is 22.3 Å². The third kappa shape index (κ3) is 3.40. The molecule has 2 aliphatic rings. The normalized spacial score (nSPS) is 19.5. The summed E-state index contributed by atoms with van der Waals surface area (Å²) in [5.74, 6) is 0.920. The second-order valence-corrected chi connectivity index (χ2v) is 7.52. The summed E-state index contributed by atoms with van der Waals surface area (Å²) in [6.07, 6.45) is -2.25. The molecule has 2 aliphatic heterocycles. The van der Waals surface area contributed by atoms with Crippen molar-refractivity contribution in [2.45, 2.75) is 24.8 Å². The number of pyridine rings is 1. The first-order valence-corrected chi connectivity index (χ1v) is 9.25. The molecule has 0 unspecified atom stereocenters. The van der Waals surface area contributed by atoms with Crippen molar-refractivity contribution in [3.63, 3.8) is 0 Å². The Bertz CT molecular complexity index is 866. The Hall–Kier alpha value is -2.15. The molecule has 1 aromatic carbocycles. The molecule has 0 amide bonds. The minimum absolute atomic E-state index is 0.327. The van der Waals surface area contributed by atoms with Gasteiger partial charge in [-0.15, -0.1) is 11.8 Å². The van der Waals surface area contributed by atoms with Crippen LogP contribution in [0.3, 0.4) is 0 Å². The molecule has 1 atom stereocenters. The number of piperidine rings is 1. The van der Waals surface area contributed by atoms with Crippen molar-refractivity contribution in [1.29, 1.82) is 0 Å². The predicted molar refractivity (Wildman–Crippen MR) is 96.8 cm³/mol. The van der Waals surface area contributed by atoms with Gasteiger partial charge in [-0.25, -0.2) is 4.98 Å². The lowest BCUT2D eigenvalue weighted by Crippen LogP contribution is -2.40. The molecule has 4 rings (SSSR count). The lowest BCUT2D eigenvalue weighted by molar-refractivity contribution is -0.141.